The summed E-state index contributed by atoms with van der Waals surface area (Å²) < 4.78 is 0. The zero-order valence-corrected chi connectivity index (χ0v) is 8.10. The molecule has 2 N–H and O–H groups in total. The van der Waals surface area contributed by atoms with Gasteiger partial charge in [0.25, 0.3) is 0 Å². The number of aromatic nitrogens is 3. The molecule has 72 valence electrons. The maximum absolute atomic E-state index is 5.78. The van der Waals surface area contributed by atoms with Crippen molar-refractivity contribution in [2.45, 2.75) is 0 Å². The van der Waals surface area contributed by atoms with Gasteiger partial charge in [-0.3, -0.25) is 0 Å². The van der Waals surface area contributed by atoms with Gasteiger partial charge < -0.3 is 10.6 Å². The zero-order valence-electron chi connectivity index (χ0n) is 8.10. The highest BCUT2D eigenvalue weighted by atomic mass is 15.2. The lowest BCUT2D eigenvalue weighted by Gasteiger charge is -2.10. The van der Waals surface area contributed by atoms with Crippen LogP contribution in [0.25, 0.3) is 11.0 Å². The topological polar surface area (TPSA) is 67.9 Å². The Hall–Kier alpha value is -1.91. The number of nitrogen functional groups attached to an aromatic ring is 1. The quantitative estimate of drug-likeness (QED) is 0.714. The van der Waals surface area contributed by atoms with Gasteiger partial charge in [0.05, 0.1) is 5.39 Å². The van der Waals surface area contributed by atoms with Gasteiger partial charge in [-0.25, -0.2) is 4.98 Å². The molecule has 2 aromatic rings. The molecule has 0 atom stereocenters. The summed E-state index contributed by atoms with van der Waals surface area (Å²) in [5.74, 6) is 1.04. The van der Waals surface area contributed by atoms with Crippen LogP contribution in [0.4, 0.5) is 11.8 Å². The van der Waals surface area contributed by atoms with Crippen LogP contribution in [0.1, 0.15) is 0 Å². The lowest BCUT2D eigenvalue weighted by molar-refractivity contribution is 1.01. The van der Waals surface area contributed by atoms with Crippen molar-refractivity contribution in [2.24, 2.45) is 0 Å². The van der Waals surface area contributed by atoms with E-state index in [1.54, 1.807) is 11.1 Å². The molecular formula is C9H11N5. The summed E-state index contributed by atoms with van der Waals surface area (Å²) >= 11 is 0. The van der Waals surface area contributed by atoms with Gasteiger partial charge in [0.2, 0.25) is 5.95 Å². The molecule has 14 heavy (non-hydrogen) atoms. The molecule has 0 aliphatic heterocycles. The van der Waals surface area contributed by atoms with Crippen molar-refractivity contribution in [2.75, 3.05) is 24.7 Å². The van der Waals surface area contributed by atoms with Gasteiger partial charge in [0, 0.05) is 20.3 Å². The van der Waals surface area contributed by atoms with Crippen molar-refractivity contribution >= 4 is 22.8 Å². The highest BCUT2D eigenvalue weighted by Gasteiger charge is 2.06. The molecule has 0 aliphatic rings. The first-order valence-electron chi connectivity index (χ1n) is 4.24. The van der Waals surface area contributed by atoms with Crippen molar-refractivity contribution in [3.63, 3.8) is 0 Å². The second-order valence-electron chi connectivity index (χ2n) is 3.18. The van der Waals surface area contributed by atoms with Crippen LogP contribution in [0, 0.1) is 0 Å². The first-order chi connectivity index (χ1) is 6.68. The van der Waals surface area contributed by atoms with E-state index >= 15 is 0 Å². The number of pyridine rings is 1. The SMILES string of the molecule is CN(C)c1nc(N)c2cccnc2n1. The van der Waals surface area contributed by atoms with Crippen molar-refractivity contribution in [1.29, 1.82) is 0 Å². The van der Waals surface area contributed by atoms with Gasteiger partial charge in [-0.15, -0.1) is 0 Å². The monoisotopic (exact) mass is 189 g/mol. The van der Waals surface area contributed by atoms with Crippen molar-refractivity contribution in [3.8, 4) is 0 Å². The number of hydrogen-bond acceptors (Lipinski definition) is 5. The smallest absolute Gasteiger partial charge is 0.228 e. The molecule has 0 fully saturated rings. The normalized spacial score (nSPS) is 10.4. The van der Waals surface area contributed by atoms with Crippen LogP contribution >= 0.6 is 0 Å². The van der Waals surface area contributed by atoms with E-state index < -0.39 is 0 Å². The Morgan fingerprint density at radius 1 is 1.29 bits per heavy atom. The van der Waals surface area contributed by atoms with Gasteiger partial charge in [0.15, 0.2) is 5.65 Å². The molecule has 0 aromatic carbocycles. The van der Waals surface area contributed by atoms with E-state index in [0.29, 0.717) is 17.4 Å². The first kappa shape index (κ1) is 8.68. The third kappa shape index (κ3) is 1.32. The van der Waals surface area contributed by atoms with Crippen LogP contribution in [0.2, 0.25) is 0 Å². The fourth-order valence-corrected chi connectivity index (χ4v) is 1.17. The number of anilines is 2. The first-order valence-corrected chi connectivity index (χ1v) is 4.24. The van der Waals surface area contributed by atoms with Crippen molar-refractivity contribution in [1.82, 2.24) is 15.0 Å². The van der Waals surface area contributed by atoms with Crippen LogP contribution in [-0.4, -0.2) is 29.0 Å². The summed E-state index contributed by atoms with van der Waals surface area (Å²) in [6.45, 7) is 0. The Morgan fingerprint density at radius 2 is 2.07 bits per heavy atom. The standard InChI is InChI=1S/C9H11N5/c1-14(2)9-12-7(10)6-4-3-5-11-8(6)13-9/h3-5H,1-2H3,(H2,10,11,12,13). The maximum Gasteiger partial charge on any atom is 0.228 e. The number of fused-ring (bicyclic) bond motifs is 1. The van der Waals surface area contributed by atoms with E-state index in [1.165, 1.54) is 0 Å². The highest BCUT2D eigenvalue weighted by Crippen LogP contribution is 2.17. The molecule has 0 aliphatic carbocycles. The predicted molar refractivity (Wildman–Crippen MR) is 56.1 cm³/mol. The van der Waals surface area contributed by atoms with E-state index in [2.05, 4.69) is 15.0 Å². The lowest BCUT2D eigenvalue weighted by Crippen LogP contribution is -2.14. The van der Waals surface area contributed by atoms with E-state index in [4.69, 9.17) is 5.73 Å². The van der Waals surface area contributed by atoms with Crippen molar-refractivity contribution < 1.29 is 0 Å². The van der Waals surface area contributed by atoms with Gasteiger partial charge in [-0.2, -0.15) is 9.97 Å². The minimum absolute atomic E-state index is 0.465. The number of hydrogen-bond donors (Lipinski definition) is 1. The molecule has 0 radical (unpaired) electrons. The van der Waals surface area contributed by atoms with Crippen LogP contribution in [0.3, 0.4) is 0 Å². The molecule has 2 rings (SSSR count). The molecule has 5 heteroatoms. The summed E-state index contributed by atoms with van der Waals surface area (Å²) in [6.07, 6.45) is 1.69. The Balaban J connectivity index is 2.72. The van der Waals surface area contributed by atoms with Crippen LogP contribution in [0.5, 0.6) is 0 Å². The molecule has 0 saturated carbocycles. The van der Waals surface area contributed by atoms with E-state index in [1.807, 2.05) is 26.2 Å². The van der Waals surface area contributed by atoms with E-state index in [9.17, 15) is 0 Å². The Labute approximate surface area is 81.6 Å². The average Bonchev–Trinajstić information content (AvgIpc) is 2.17. The number of nitrogens with zero attached hydrogens (tertiary/aromatic N) is 4. The molecule has 0 spiro atoms. The molecule has 2 heterocycles. The Bertz CT molecular complexity index is 466. The predicted octanol–water partition coefficient (Wildman–Crippen LogP) is 0.673. The third-order valence-corrected chi connectivity index (χ3v) is 1.89. The van der Waals surface area contributed by atoms with E-state index in [-0.39, 0.29) is 0 Å². The van der Waals surface area contributed by atoms with Gasteiger partial charge >= 0.3 is 0 Å². The summed E-state index contributed by atoms with van der Waals surface area (Å²) in [4.78, 5) is 14.3. The number of rotatable bonds is 1. The zero-order chi connectivity index (χ0) is 10.1. The van der Waals surface area contributed by atoms with Gasteiger partial charge in [-0.05, 0) is 12.1 Å². The largest absolute Gasteiger partial charge is 0.383 e. The molecule has 0 amide bonds. The van der Waals surface area contributed by atoms with Crippen molar-refractivity contribution in [3.05, 3.63) is 18.3 Å². The Morgan fingerprint density at radius 3 is 2.79 bits per heavy atom. The second kappa shape index (κ2) is 3.10. The summed E-state index contributed by atoms with van der Waals surface area (Å²) in [5, 5.41) is 0.790. The minimum Gasteiger partial charge on any atom is -0.383 e. The summed E-state index contributed by atoms with van der Waals surface area (Å²) in [7, 11) is 3.73. The number of nitrogens with two attached hydrogens (primary N) is 1. The average molecular weight is 189 g/mol. The molecule has 5 nitrogen and oxygen atoms in total. The maximum atomic E-state index is 5.78. The van der Waals surface area contributed by atoms with Gasteiger partial charge in [-0.1, -0.05) is 0 Å². The molecule has 2 aromatic heterocycles. The molecule has 0 unspecified atom stereocenters. The lowest BCUT2D eigenvalue weighted by atomic mass is 10.3. The van der Waals surface area contributed by atoms with E-state index in [0.717, 1.165) is 5.39 Å². The summed E-state index contributed by atoms with van der Waals surface area (Å²) in [6, 6.07) is 3.68. The van der Waals surface area contributed by atoms with Crippen LogP contribution in [-0.2, 0) is 0 Å². The Kier molecular flexibility index (Phi) is 1.92. The minimum atomic E-state index is 0.465. The fourth-order valence-electron chi connectivity index (χ4n) is 1.17. The second-order valence-corrected chi connectivity index (χ2v) is 3.18. The molecule has 0 bridgehead atoms. The highest BCUT2D eigenvalue weighted by molar-refractivity contribution is 5.85. The fraction of sp³-hybridized carbons (Fsp3) is 0.222. The van der Waals surface area contributed by atoms with Crippen LogP contribution in [0.15, 0.2) is 18.3 Å². The third-order valence-electron chi connectivity index (χ3n) is 1.89. The summed E-state index contributed by atoms with van der Waals surface area (Å²) in [5.41, 5.74) is 6.41. The molecular weight excluding hydrogens is 178 g/mol. The van der Waals surface area contributed by atoms with Crippen LogP contribution < -0.4 is 10.6 Å². The van der Waals surface area contributed by atoms with Gasteiger partial charge in [0.1, 0.15) is 5.82 Å². The molecule has 0 saturated heterocycles.